The predicted octanol–water partition coefficient (Wildman–Crippen LogP) is 3.22. The lowest BCUT2D eigenvalue weighted by molar-refractivity contribution is 0.248. The van der Waals surface area contributed by atoms with Crippen LogP contribution >= 0.6 is 0 Å². The van der Waals surface area contributed by atoms with E-state index in [2.05, 4.69) is 37.2 Å². The first-order chi connectivity index (χ1) is 6.04. The molecule has 0 bridgehead atoms. The average molecular weight is 190 g/mol. The van der Waals surface area contributed by atoms with E-state index in [1.807, 2.05) is 0 Å². The molecule has 2 atom stereocenters. The molecule has 0 amide bonds. The highest BCUT2D eigenvalue weighted by atomic mass is 28.3. The topological polar surface area (TPSA) is 0 Å². The van der Waals surface area contributed by atoms with Gasteiger partial charge >= 0.3 is 0 Å². The van der Waals surface area contributed by atoms with Gasteiger partial charge in [-0.25, -0.2) is 0 Å². The molecule has 2 rings (SSSR count). The van der Waals surface area contributed by atoms with Crippen molar-refractivity contribution in [1.82, 2.24) is 0 Å². The molecule has 2 aliphatic carbocycles. The van der Waals surface area contributed by atoms with Gasteiger partial charge < -0.3 is 0 Å². The van der Waals surface area contributed by atoms with Gasteiger partial charge in [-0.1, -0.05) is 31.6 Å². The highest BCUT2D eigenvalue weighted by Gasteiger charge is 2.34. The SMILES string of the molecule is C[Si](C)(C)C#CC1=C[C@H]2CC[C@H]2C1. The zero-order valence-electron chi connectivity index (χ0n) is 8.85. The van der Waals surface area contributed by atoms with Crippen LogP contribution in [0.1, 0.15) is 19.3 Å². The lowest BCUT2D eigenvalue weighted by Gasteiger charge is -2.28. The smallest absolute Gasteiger partial charge is 0.127 e. The first-order valence-electron chi connectivity index (χ1n) is 5.28. The zero-order valence-corrected chi connectivity index (χ0v) is 9.85. The Balaban J connectivity index is 2.02. The molecule has 0 spiro atoms. The van der Waals surface area contributed by atoms with Gasteiger partial charge in [0.1, 0.15) is 8.07 Å². The third-order valence-electron chi connectivity index (χ3n) is 2.97. The van der Waals surface area contributed by atoms with Gasteiger partial charge in [-0.3, -0.25) is 0 Å². The molecule has 1 saturated carbocycles. The van der Waals surface area contributed by atoms with E-state index in [1.54, 1.807) is 0 Å². The van der Waals surface area contributed by atoms with Crippen LogP contribution in [0.3, 0.4) is 0 Å². The summed E-state index contributed by atoms with van der Waals surface area (Å²) >= 11 is 0. The van der Waals surface area contributed by atoms with Crippen LogP contribution in [0.2, 0.25) is 19.6 Å². The molecule has 0 aromatic rings. The second-order valence-corrected chi connectivity index (χ2v) is 10.1. The first-order valence-corrected chi connectivity index (χ1v) is 8.78. The van der Waals surface area contributed by atoms with Crippen molar-refractivity contribution in [3.63, 3.8) is 0 Å². The molecule has 13 heavy (non-hydrogen) atoms. The largest absolute Gasteiger partial charge is 0.129 e. The van der Waals surface area contributed by atoms with Crippen molar-refractivity contribution in [2.45, 2.75) is 38.9 Å². The van der Waals surface area contributed by atoms with Crippen molar-refractivity contribution < 1.29 is 0 Å². The Morgan fingerprint density at radius 2 is 2.08 bits per heavy atom. The lowest BCUT2D eigenvalue weighted by Crippen LogP contribution is -2.19. The van der Waals surface area contributed by atoms with Crippen molar-refractivity contribution in [2.24, 2.45) is 11.8 Å². The first kappa shape index (κ1) is 9.09. The minimum absolute atomic E-state index is 0.908. The summed E-state index contributed by atoms with van der Waals surface area (Å²) < 4.78 is 0. The molecular formula is C12H18Si. The molecule has 0 unspecified atom stereocenters. The summed E-state index contributed by atoms with van der Waals surface area (Å²) in [4.78, 5) is 0. The van der Waals surface area contributed by atoms with E-state index in [4.69, 9.17) is 0 Å². The number of allylic oxidation sites excluding steroid dienone is 2. The zero-order chi connectivity index (χ0) is 9.47. The third kappa shape index (κ3) is 2.06. The minimum atomic E-state index is -1.15. The molecule has 0 radical (unpaired) electrons. The van der Waals surface area contributed by atoms with Gasteiger partial charge in [0.05, 0.1) is 0 Å². The molecule has 0 aromatic heterocycles. The molecule has 0 aromatic carbocycles. The molecular weight excluding hydrogens is 172 g/mol. The summed E-state index contributed by atoms with van der Waals surface area (Å²) in [5.41, 5.74) is 4.89. The maximum atomic E-state index is 3.45. The van der Waals surface area contributed by atoms with Gasteiger partial charge in [0.15, 0.2) is 0 Å². The van der Waals surface area contributed by atoms with Crippen LogP contribution in [-0.4, -0.2) is 8.07 Å². The summed E-state index contributed by atoms with van der Waals surface area (Å²) in [6.07, 6.45) is 6.57. The van der Waals surface area contributed by atoms with Gasteiger partial charge in [0, 0.05) is 0 Å². The van der Waals surface area contributed by atoms with E-state index in [0.29, 0.717) is 0 Å². The van der Waals surface area contributed by atoms with Crippen LogP contribution in [0.15, 0.2) is 11.6 Å². The molecule has 0 saturated heterocycles. The standard InChI is InChI=1S/C12H18Si/c1-13(2,3)7-6-10-8-11-4-5-12(11)9-10/h8,11-12H,4-5,9H2,1-3H3/t11-,12+/m1/s1. The normalized spacial score (nSPS) is 31.2. The van der Waals surface area contributed by atoms with E-state index in [-0.39, 0.29) is 0 Å². The van der Waals surface area contributed by atoms with Crippen molar-refractivity contribution in [1.29, 1.82) is 0 Å². The molecule has 0 heterocycles. The maximum absolute atomic E-state index is 3.45. The second kappa shape index (κ2) is 3.03. The van der Waals surface area contributed by atoms with Crippen LogP contribution in [0, 0.1) is 23.3 Å². The van der Waals surface area contributed by atoms with E-state index >= 15 is 0 Å². The number of hydrogen-bond donors (Lipinski definition) is 0. The Morgan fingerprint density at radius 1 is 1.31 bits per heavy atom. The van der Waals surface area contributed by atoms with Crippen LogP contribution in [0.4, 0.5) is 0 Å². The third-order valence-corrected chi connectivity index (χ3v) is 3.85. The van der Waals surface area contributed by atoms with Gasteiger partial charge in [-0.15, -0.1) is 5.54 Å². The monoisotopic (exact) mass is 190 g/mol. The Labute approximate surface area is 82.4 Å². The fourth-order valence-corrected chi connectivity index (χ4v) is 2.57. The van der Waals surface area contributed by atoms with Crippen LogP contribution in [0.5, 0.6) is 0 Å². The average Bonchev–Trinajstić information content (AvgIpc) is 2.24. The summed E-state index contributed by atoms with van der Waals surface area (Å²) in [6.45, 7) is 6.93. The lowest BCUT2D eigenvalue weighted by atomic mass is 9.76. The van der Waals surface area contributed by atoms with Gasteiger partial charge in [-0.05, 0) is 36.7 Å². The number of fused-ring (bicyclic) bond motifs is 1. The van der Waals surface area contributed by atoms with Gasteiger partial charge in [-0.2, -0.15) is 0 Å². The number of rotatable bonds is 0. The Bertz CT molecular complexity index is 295. The van der Waals surface area contributed by atoms with Gasteiger partial charge in [0.25, 0.3) is 0 Å². The van der Waals surface area contributed by atoms with E-state index in [9.17, 15) is 0 Å². The summed E-state index contributed by atoms with van der Waals surface area (Å²) in [7, 11) is -1.15. The van der Waals surface area contributed by atoms with Crippen molar-refractivity contribution in [2.75, 3.05) is 0 Å². The quantitative estimate of drug-likeness (QED) is 0.406. The second-order valence-electron chi connectivity index (χ2n) is 5.40. The Morgan fingerprint density at radius 3 is 2.46 bits per heavy atom. The summed E-state index contributed by atoms with van der Waals surface area (Å²) in [5, 5.41) is 0. The summed E-state index contributed by atoms with van der Waals surface area (Å²) in [5.74, 6) is 5.28. The molecule has 0 aliphatic heterocycles. The van der Waals surface area contributed by atoms with Crippen LogP contribution < -0.4 is 0 Å². The molecule has 70 valence electrons. The molecule has 1 fully saturated rings. The van der Waals surface area contributed by atoms with Gasteiger partial charge in [0.2, 0.25) is 0 Å². The van der Waals surface area contributed by atoms with Crippen LogP contribution in [0.25, 0.3) is 0 Å². The molecule has 1 heteroatoms. The van der Waals surface area contributed by atoms with E-state index in [1.165, 1.54) is 24.8 Å². The molecule has 0 N–H and O–H groups in total. The maximum Gasteiger partial charge on any atom is 0.129 e. The van der Waals surface area contributed by atoms with Crippen molar-refractivity contribution >= 4 is 8.07 Å². The van der Waals surface area contributed by atoms with Crippen molar-refractivity contribution in [3.05, 3.63) is 11.6 Å². The minimum Gasteiger partial charge on any atom is -0.127 e. The fraction of sp³-hybridized carbons (Fsp3) is 0.667. The van der Waals surface area contributed by atoms with E-state index in [0.717, 1.165) is 11.8 Å². The highest BCUT2D eigenvalue weighted by Crippen LogP contribution is 2.45. The molecule has 0 nitrogen and oxygen atoms in total. The summed E-state index contributed by atoms with van der Waals surface area (Å²) in [6, 6.07) is 0. The predicted molar refractivity (Wildman–Crippen MR) is 60.0 cm³/mol. The fourth-order valence-electron chi connectivity index (χ4n) is 2.04. The Hall–Kier alpha value is -0.483. The van der Waals surface area contributed by atoms with Crippen LogP contribution in [-0.2, 0) is 0 Å². The van der Waals surface area contributed by atoms with E-state index < -0.39 is 8.07 Å². The molecule has 2 aliphatic rings. The van der Waals surface area contributed by atoms with Crippen molar-refractivity contribution in [3.8, 4) is 11.5 Å². The highest BCUT2D eigenvalue weighted by molar-refractivity contribution is 6.83. The Kier molecular flexibility index (Phi) is 2.12. The number of hydrogen-bond acceptors (Lipinski definition) is 0.